The van der Waals surface area contributed by atoms with Crippen LogP contribution >= 0.6 is 0 Å². The Morgan fingerprint density at radius 3 is 2.49 bits per heavy atom. The Morgan fingerprint density at radius 1 is 1.09 bits per heavy atom. The summed E-state index contributed by atoms with van der Waals surface area (Å²) in [4.78, 5) is 15.4. The fraction of sp³-hybridized carbons (Fsp3) is 0.464. The van der Waals surface area contributed by atoms with Crippen molar-refractivity contribution in [2.75, 3.05) is 19.6 Å². The molecule has 0 aliphatic carbocycles. The summed E-state index contributed by atoms with van der Waals surface area (Å²) in [5, 5.41) is 4.01. The molecular formula is C28H36F3N3O. The molecular weight excluding hydrogens is 451 g/mol. The molecule has 0 saturated carbocycles. The summed E-state index contributed by atoms with van der Waals surface area (Å²) in [6.07, 6.45) is -0.610. The van der Waals surface area contributed by atoms with Gasteiger partial charge < -0.3 is 14.8 Å². The fourth-order valence-corrected chi connectivity index (χ4v) is 4.74. The molecule has 0 fully saturated rings. The molecule has 1 N–H and O–H groups in total. The molecule has 35 heavy (non-hydrogen) atoms. The summed E-state index contributed by atoms with van der Waals surface area (Å²) < 4.78 is 42.4. The van der Waals surface area contributed by atoms with Crippen LogP contribution in [0.15, 0.2) is 54.7 Å². The van der Waals surface area contributed by atoms with Gasteiger partial charge in [0.1, 0.15) is 0 Å². The third-order valence-corrected chi connectivity index (χ3v) is 6.72. The van der Waals surface area contributed by atoms with Crippen LogP contribution in [0, 0.1) is 0 Å². The predicted octanol–water partition coefficient (Wildman–Crippen LogP) is 6.35. The lowest BCUT2D eigenvalue weighted by atomic mass is 9.87. The SMILES string of the molecule is CCN(CC)CCC[C@H](C)NC(=O)C[C@H](c1cccc(C(F)(F)F)c1)c1cn(C)c2ccccc12. The third kappa shape index (κ3) is 6.88. The number of para-hydroxylation sites is 1. The maximum atomic E-state index is 13.5. The molecule has 0 unspecified atom stereocenters. The van der Waals surface area contributed by atoms with Crippen molar-refractivity contribution < 1.29 is 18.0 Å². The Hall–Kier alpha value is -2.80. The van der Waals surface area contributed by atoms with Crippen molar-refractivity contribution in [3.05, 3.63) is 71.4 Å². The summed E-state index contributed by atoms with van der Waals surface area (Å²) in [5.74, 6) is -0.651. The lowest BCUT2D eigenvalue weighted by Crippen LogP contribution is -2.34. The van der Waals surface area contributed by atoms with E-state index < -0.39 is 17.7 Å². The molecule has 0 saturated heterocycles. The molecule has 1 heterocycles. The maximum Gasteiger partial charge on any atom is 0.416 e. The van der Waals surface area contributed by atoms with Crippen LogP contribution in [0.1, 0.15) is 62.6 Å². The first-order valence-electron chi connectivity index (χ1n) is 12.4. The van der Waals surface area contributed by atoms with Crippen LogP contribution in [0.5, 0.6) is 0 Å². The van der Waals surface area contributed by atoms with Gasteiger partial charge in [-0.15, -0.1) is 0 Å². The van der Waals surface area contributed by atoms with Gasteiger partial charge in [0, 0.05) is 42.5 Å². The summed E-state index contributed by atoms with van der Waals surface area (Å²) in [6.45, 7) is 9.24. The summed E-state index contributed by atoms with van der Waals surface area (Å²) in [6, 6.07) is 13.1. The monoisotopic (exact) mass is 487 g/mol. The van der Waals surface area contributed by atoms with E-state index in [4.69, 9.17) is 0 Å². The van der Waals surface area contributed by atoms with Gasteiger partial charge in [0.2, 0.25) is 5.91 Å². The quantitative estimate of drug-likeness (QED) is 0.342. The van der Waals surface area contributed by atoms with Crippen LogP contribution < -0.4 is 5.32 Å². The standard InChI is InChI=1S/C28H36F3N3O/c1-5-34(6-2)16-10-11-20(3)32-27(35)18-24(21-12-9-13-22(17-21)28(29,30)31)25-19-33(4)26-15-8-7-14-23(25)26/h7-9,12-15,17,19-20,24H,5-6,10-11,16,18H2,1-4H3,(H,32,35)/t20-,24+/m0/s1. The molecule has 0 aliphatic rings. The van der Waals surface area contributed by atoms with Gasteiger partial charge in [0.25, 0.3) is 0 Å². The molecule has 1 aromatic heterocycles. The van der Waals surface area contributed by atoms with E-state index in [0.717, 1.165) is 55.0 Å². The Morgan fingerprint density at radius 2 is 1.80 bits per heavy atom. The highest BCUT2D eigenvalue weighted by atomic mass is 19.4. The van der Waals surface area contributed by atoms with Crippen LogP contribution in [-0.2, 0) is 18.0 Å². The van der Waals surface area contributed by atoms with Crippen molar-refractivity contribution in [2.45, 2.75) is 58.2 Å². The second-order valence-electron chi connectivity index (χ2n) is 9.23. The number of nitrogens with one attached hydrogen (secondary N) is 1. The molecule has 7 heteroatoms. The maximum absolute atomic E-state index is 13.5. The number of aryl methyl sites for hydroxylation is 1. The van der Waals surface area contributed by atoms with E-state index in [1.807, 2.05) is 49.0 Å². The minimum absolute atomic E-state index is 0.00672. The highest BCUT2D eigenvalue weighted by Crippen LogP contribution is 2.37. The van der Waals surface area contributed by atoms with E-state index in [0.29, 0.717) is 5.56 Å². The highest BCUT2D eigenvalue weighted by Gasteiger charge is 2.32. The number of amides is 1. The number of hydrogen-bond acceptors (Lipinski definition) is 2. The van der Waals surface area contributed by atoms with E-state index in [1.54, 1.807) is 6.07 Å². The van der Waals surface area contributed by atoms with Crippen LogP contribution in [0.4, 0.5) is 13.2 Å². The molecule has 2 atom stereocenters. The third-order valence-electron chi connectivity index (χ3n) is 6.72. The van der Waals surface area contributed by atoms with E-state index >= 15 is 0 Å². The molecule has 0 radical (unpaired) electrons. The fourth-order valence-electron chi connectivity index (χ4n) is 4.74. The molecule has 3 aromatic rings. The molecule has 2 aromatic carbocycles. The van der Waals surface area contributed by atoms with Crippen molar-refractivity contribution in [2.24, 2.45) is 7.05 Å². The second kappa shape index (κ2) is 11.8. The summed E-state index contributed by atoms with van der Waals surface area (Å²) in [5.41, 5.74) is 1.61. The Kier molecular flexibility index (Phi) is 9.00. The number of rotatable bonds is 11. The van der Waals surface area contributed by atoms with Gasteiger partial charge >= 0.3 is 6.18 Å². The normalized spacial score (nSPS) is 13.8. The van der Waals surface area contributed by atoms with Crippen molar-refractivity contribution in [1.82, 2.24) is 14.8 Å². The van der Waals surface area contributed by atoms with Crippen molar-refractivity contribution in [3.63, 3.8) is 0 Å². The number of aromatic nitrogens is 1. The Balaban J connectivity index is 1.84. The van der Waals surface area contributed by atoms with E-state index in [1.165, 1.54) is 12.1 Å². The first kappa shape index (κ1) is 26.8. The summed E-state index contributed by atoms with van der Waals surface area (Å²) >= 11 is 0. The number of alkyl halides is 3. The smallest absolute Gasteiger partial charge is 0.354 e. The molecule has 1 amide bonds. The van der Waals surface area contributed by atoms with Gasteiger partial charge in [-0.2, -0.15) is 13.2 Å². The second-order valence-corrected chi connectivity index (χ2v) is 9.23. The van der Waals surface area contributed by atoms with Crippen molar-refractivity contribution in [3.8, 4) is 0 Å². The molecule has 3 rings (SSSR count). The minimum atomic E-state index is -4.44. The first-order valence-corrected chi connectivity index (χ1v) is 12.4. The van der Waals surface area contributed by atoms with Gasteiger partial charge in [0.05, 0.1) is 5.56 Å². The number of halogens is 3. The zero-order valence-corrected chi connectivity index (χ0v) is 21.0. The van der Waals surface area contributed by atoms with Gasteiger partial charge in [-0.25, -0.2) is 0 Å². The van der Waals surface area contributed by atoms with E-state index in [9.17, 15) is 18.0 Å². The topological polar surface area (TPSA) is 37.3 Å². The Labute approximate surface area is 206 Å². The van der Waals surface area contributed by atoms with E-state index in [2.05, 4.69) is 24.1 Å². The zero-order chi connectivity index (χ0) is 25.6. The molecule has 0 aliphatic heterocycles. The number of carbonyl (C=O) groups excluding carboxylic acids is 1. The zero-order valence-electron chi connectivity index (χ0n) is 21.0. The van der Waals surface area contributed by atoms with Crippen molar-refractivity contribution in [1.29, 1.82) is 0 Å². The van der Waals surface area contributed by atoms with Crippen LogP contribution in [-0.4, -0.2) is 41.1 Å². The van der Waals surface area contributed by atoms with Crippen LogP contribution in [0.2, 0.25) is 0 Å². The van der Waals surface area contributed by atoms with Gasteiger partial charge in [-0.1, -0.05) is 50.2 Å². The molecule has 4 nitrogen and oxygen atoms in total. The average Bonchev–Trinajstić information content (AvgIpc) is 3.16. The summed E-state index contributed by atoms with van der Waals surface area (Å²) in [7, 11) is 1.91. The predicted molar refractivity (Wildman–Crippen MR) is 135 cm³/mol. The van der Waals surface area contributed by atoms with Crippen LogP contribution in [0.25, 0.3) is 10.9 Å². The Bertz CT molecular complexity index is 1120. The number of carbonyl (C=O) groups is 1. The van der Waals surface area contributed by atoms with Crippen LogP contribution in [0.3, 0.4) is 0 Å². The number of fused-ring (bicyclic) bond motifs is 1. The molecule has 0 spiro atoms. The molecule has 190 valence electrons. The largest absolute Gasteiger partial charge is 0.416 e. The lowest BCUT2D eigenvalue weighted by Gasteiger charge is -2.22. The lowest BCUT2D eigenvalue weighted by molar-refractivity contribution is -0.137. The first-order chi connectivity index (χ1) is 16.6. The minimum Gasteiger partial charge on any atom is -0.354 e. The van der Waals surface area contributed by atoms with Gasteiger partial charge in [-0.3, -0.25) is 4.79 Å². The van der Waals surface area contributed by atoms with E-state index in [-0.39, 0.29) is 18.4 Å². The molecule has 0 bridgehead atoms. The number of hydrogen-bond donors (Lipinski definition) is 1. The number of nitrogens with zero attached hydrogens (tertiary/aromatic N) is 2. The van der Waals surface area contributed by atoms with Gasteiger partial charge in [0.15, 0.2) is 0 Å². The number of benzene rings is 2. The van der Waals surface area contributed by atoms with Crippen molar-refractivity contribution >= 4 is 16.8 Å². The van der Waals surface area contributed by atoms with Gasteiger partial charge in [-0.05, 0) is 62.7 Å². The highest BCUT2D eigenvalue weighted by molar-refractivity contribution is 5.86. The average molecular weight is 488 g/mol.